The summed E-state index contributed by atoms with van der Waals surface area (Å²) in [6.45, 7) is 1.69. The van der Waals surface area contributed by atoms with E-state index in [-0.39, 0.29) is 5.91 Å². The topological polar surface area (TPSA) is 47.6 Å². The number of benzene rings is 3. The van der Waals surface area contributed by atoms with Gasteiger partial charge >= 0.3 is 0 Å². The number of hydrogen-bond acceptors (Lipinski definition) is 3. The van der Waals surface area contributed by atoms with Gasteiger partial charge < -0.3 is 14.8 Å². The van der Waals surface area contributed by atoms with Crippen molar-refractivity contribution in [2.24, 2.45) is 0 Å². The van der Waals surface area contributed by atoms with Crippen LogP contribution in [0.2, 0.25) is 5.02 Å². The lowest BCUT2D eigenvalue weighted by Crippen LogP contribution is -2.30. The molecular weight excluding hydrogens is 350 g/mol. The first-order chi connectivity index (χ1) is 12.6. The highest BCUT2D eigenvalue weighted by Crippen LogP contribution is 2.24. The Morgan fingerprint density at radius 1 is 0.885 bits per heavy atom. The molecule has 1 unspecified atom stereocenters. The smallest absolute Gasteiger partial charge is 0.265 e. The summed E-state index contributed by atoms with van der Waals surface area (Å²) >= 11 is 5.92. The van der Waals surface area contributed by atoms with E-state index in [2.05, 4.69) is 5.32 Å². The molecule has 1 amide bonds. The maximum absolute atomic E-state index is 12.2. The molecule has 0 saturated heterocycles. The van der Waals surface area contributed by atoms with Gasteiger partial charge in [0.25, 0.3) is 5.91 Å². The van der Waals surface area contributed by atoms with E-state index >= 15 is 0 Å². The van der Waals surface area contributed by atoms with Crippen LogP contribution in [0.4, 0.5) is 5.69 Å². The standard InChI is InChI=1S/C21H18ClNO3/c1-15(21(24)23-17-7-5-6-16(22)14-17)25-19-10-12-20(13-11-19)26-18-8-3-2-4-9-18/h2-15H,1H3,(H,23,24). The van der Waals surface area contributed by atoms with Gasteiger partial charge in [0.15, 0.2) is 6.10 Å². The van der Waals surface area contributed by atoms with Gasteiger partial charge in [-0.15, -0.1) is 0 Å². The third-order valence-corrected chi connectivity index (χ3v) is 3.81. The van der Waals surface area contributed by atoms with Crippen LogP contribution in [0.3, 0.4) is 0 Å². The predicted molar refractivity (Wildman–Crippen MR) is 103 cm³/mol. The van der Waals surface area contributed by atoms with Crippen molar-refractivity contribution < 1.29 is 14.3 Å². The van der Waals surface area contributed by atoms with E-state index in [1.54, 1.807) is 55.5 Å². The number of ether oxygens (including phenoxy) is 2. The first kappa shape index (κ1) is 17.8. The van der Waals surface area contributed by atoms with E-state index < -0.39 is 6.10 Å². The highest BCUT2D eigenvalue weighted by Gasteiger charge is 2.15. The fourth-order valence-electron chi connectivity index (χ4n) is 2.28. The second-order valence-corrected chi connectivity index (χ2v) is 6.08. The van der Waals surface area contributed by atoms with Crippen molar-refractivity contribution in [3.63, 3.8) is 0 Å². The van der Waals surface area contributed by atoms with Crippen LogP contribution in [0.1, 0.15) is 6.92 Å². The summed E-state index contributed by atoms with van der Waals surface area (Å²) in [5, 5.41) is 3.33. The normalized spacial score (nSPS) is 11.5. The molecule has 3 aromatic rings. The van der Waals surface area contributed by atoms with Crippen LogP contribution in [0.5, 0.6) is 17.2 Å². The average Bonchev–Trinajstić information content (AvgIpc) is 2.64. The van der Waals surface area contributed by atoms with Crippen molar-refractivity contribution in [1.29, 1.82) is 0 Å². The van der Waals surface area contributed by atoms with Gasteiger partial charge in [0, 0.05) is 10.7 Å². The molecule has 0 heterocycles. The van der Waals surface area contributed by atoms with Crippen LogP contribution in [0.25, 0.3) is 0 Å². The van der Waals surface area contributed by atoms with Crippen molar-refractivity contribution in [1.82, 2.24) is 0 Å². The Morgan fingerprint density at radius 2 is 1.54 bits per heavy atom. The lowest BCUT2D eigenvalue weighted by molar-refractivity contribution is -0.122. The average molecular weight is 368 g/mol. The molecule has 4 nitrogen and oxygen atoms in total. The lowest BCUT2D eigenvalue weighted by atomic mass is 10.3. The van der Waals surface area contributed by atoms with E-state index in [1.165, 1.54) is 0 Å². The van der Waals surface area contributed by atoms with Crippen molar-refractivity contribution >= 4 is 23.2 Å². The first-order valence-corrected chi connectivity index (χ1v) is 8.54. The van der Waals surface area contributed by atoms with Gasteiger partial charge in [0.2, 0.25) is 0 Å². The number of hydrogen-bond donors (Lipinski definition) is 1. The lowest BCUT2D eigenvalue weighted by Gasteiger charge is -2.15. The highest BCUT2D eigenvalue weighted by atomic mass is 35.5. The second kappa shape index (κ2) is 8.41. The molecule has 26 heavy (non-hydrogen) atoms. The van der Waals surface area contributed by atoms with Crippen LogP contribution < -0.4 is 14.8 Å². The Morgan fingerprint density at radius 3 is 2.23 bits per heavy atom. The fraction of sp³-hybridized carbons (Fsp3) is 0.0952. The molecule has 132 valence electrons. The van der Waals surface area contributed by atoms with Gasteiger partial charge in [-0.3, -0.25) is 4.79 Å². The molecule has 0 bridgehead atoms. The van der Waals surface area contributed by atoms with E-state index in [0.717, 1.165) is 5.75 Å². The fourth-order valence-corrected chi connectivity index (χ4v) is 2.47. The zero-order chi connectivity index (χ0) is 18.4. The first-order valence-electron chi connectivity index (χ1n) is 8.16. The Balaban J connectivity index is 1.57. The molecule has 1 atom stereocenters. The van der Waals surface area contributed by atoms with Gasteiger partial charge in [-0.1, -0.05) is 35.9 Å². The maximum Gasteiger partial charge on any atom is 0.265 e. The Kier molecular flexibility index (Phi) is 5.77. The Labute approximate surface area is 157 Å². The minimum atomic E-state index is -0.658. The minimum Gasteiger partial charge on any atom is -0.481 e. The number of rotatable bonds is 6. The van der Waals surface area contributed by atoms with Crippen LogP contribution in [-0.4, -0.2) is 12.0 Å². The molecule has 0 aliphatic carbocycles. The van der Waals surface area contributed by atoms with Crippen molar-refractivity contribution in [2.75, 3.05) is 5.32 Å². The van der Waals surface area contributed by atoms with Gasteiger partial charge in [0.1, 0.15) is 17.2 Å². The number of amides is 1. The largest absolute Gasteiger partial charge is 0.481 e. The maximum atomic E-state index is 12.2. The number of anilines is 1. The monoisotopic (exact) mass is 367 g/mol. The summed E-state index contributed by atoms with van der Waals surface area (Å²) in [6, 6.07) is 23.6. The van der Waals surface area contributed by atoms with Gasteiger partial charge in [0.05, 0.1) is 0 Å². The second-order valence-electron chi connectivity index (χ2n) is 5.65. The highest BCUT2D eigenvalue weighted by molar-refractivity contribution is 6.30. The van der Waals surface area contributed by atoms with Crippen molar-refractivity contribution in [3.8, 4) is 17.2 Å². The van der Waals surface area contributed by atoms with Crippen molar-refractivity contribution in [3.05, 3.63) is 83.9 Å². The number of carbonyl (C=O) groups is 1. The SMILES string of the molecule is CC(Oc1ccc(Oc2ccccc2)cc1)C(=O)Nc1cccc(Cl)c1. The van der Waals surface area contributed by atoms with E-state index in [0.29, 0.717) is 22.2 Å². The zero-order valence-electron chi connectivity index (χ0n) is 14.2. The molecule has 3 aromatic carbocycles. The Bertz CT molecular complexity index is 866. The number of halogens is 1. The summed E-state index contributed by atoms with van der Waals surface area (Å²) in [7, 11) is 0. The predicted octanol–water partition coefficient (Wildman–Crippen LogP) is 5.54. The molecule has 3 rings (SSSR count). The van der Waals surface area contributed by atoms with E-state index in [4.69, 9.17) is 21.1 Å². The number of nitrogens with one attached hydrogen (secondary N) is 1. The number of para-hydroxylation sites is 1. The van der Waals surface area contributed by atoms with Crippen molar-refractivity contribution in [2.45, 2.75) is 13.0 Å². The molecule has 1 N–H and O–H groups in total. The van der Waals surface area contributed by atoms with Crippen LogP contribution in [0.15, 0.2) is 78.9 Å². The molecular formula is C21H18ClNO3. The number of carbonyl (C=O) groups excluding carboxylic acids is 1. The third-order valence-electron chi connectivity index (χ3n) is 3.58. The third kappa shape index (κ3) is 5.01. The van der Waals surface area contributed by atoms with E-state index in [1.807, 2.05) is 30.3 Å². The van der Waals surface area contributed by atoms with Crippen LogP contribution in [-0.2, 0) is 4.79 Å². The molecule has 0 spiro atoms. The summed E-state index contributed by atoms with van der Waals surface area (Å²) in [5.41, 5.74) is 0.629. The quantitative estimate of drug-likeness (QED) is 0.622. The summed E-state index contributed by atoms with van der Waals surface area (Å²) < 4.78 is 11.4. The van der Waals surface area contributed by atoms with Gasteiger partial charge in [-0.2, -0.15) is 0 Å². The molecule has 0 aliphatic heterocycles. The summed E-state index contributed by atoms with van der Waals surface area (Å²) in [6.07, 6.45) is -0.658. The summed E-state index contributed by atoms with van der Waals surface area (Å²) in [5.74, 6) is 1.78. The van der Waals surface area contributed by atoms with Crippen LogP contribution in [0, 0.1) is 0 Å². The van der Waals surface area contributed by atoms with Gasteiger partial charge in [-0.05, 0) is 61.5 Å². The molecule has 0 aliphatic rings. The summed E-state index contributed by atoms with van der Waals surface area (Å²) in [4.78, 5) is 12.2. The molecule has 0 radical (unpaired) electrons. The molecule has 0 saturated carbocycles. The Hall–Kier alpha value is -2.98. The molecule has 0 aromatic heterocycles. The molecule has 5 heteroatoms. The minimum absolute atomic E-state index is 0.253. The van der Waals surface area contributed by atoms with Crippen LogP contribution >= 0.6 is 11.6 Å². The van der Waals surface area contributed by atoms with E-state index in [9.17, 15) is 4.79 Å². The molecule has 0 fully saturated rings. The zero-order valence-corrected chi connectivity index (χ0v) is 14.9. The van der Waals surface area contributed by atoms with Gasteiger partial charge in [-0.25, -0.2) is 0 Å².